The molecule has 0 fully saturated rings. The van der Waals surface area contributed by atoms with Gasteiger partial charge < -0.3 is 18.9 Å². The van der Waals surface area contributed by atoms with Gasteiger partial charge in [-0.05, 0) is 68.8 Å². The van der Waals surface area contributed by atoms with E-state index in [2.05, 4.69) is 24.3 Å². The fourth-order valence-corrected chi connectivity index (χ4v) is 8.73. The van der Waals surface area contributed by atoms with Crippen molar-refractivity contribution in [2.24, 2.45) is 0 Å². The Morgan fingerprint density at radius 1 is 0.386 bits per heavy atom. The first kappa shape index (κ1) is 25.4. The van der Waals surface area contributed by atoms with Crippen LogP contribution in [0.15, 0.2) is 95.1 Å². The van der Waals surface area contributed by atoms with Crippen LogP contribution in [0.5, 0.6) is 23.0 Å². The van der Waals surface area contributed by atoms with Crippen molar-refractivity contribution in [3.63, 3.8) is 0 Å². The lowest BCUT2D eigenvalue weighted by Gasteiger charge is -2.49. The minimum absolute atomic E-state index is 0.0375. The lowest BCUT2D eigenvalue weighted by Crippen LogP contribution is -2.43. The number of allylic oxidation sites excluding steroid dienone is 4. The molecule has 0 aromatic heterocycles. The first-order valence-electron chi connectivity index (χ1n) is 14.8. The van der Waals surface area contributed by atoms with Crippen LogP contribution in [0.4, 0.5) is 0 Å². The standard InChI is InChI=1S/C38H28O6/c1-41-25-13-21-22(14-26(25)42-2)30-18-10-6-5-9-17(18)29(21)33-34(30)38(40)36-32-20-12-8-7-11-19(20)31(35(36)37(33)39)23-15-27(43-3)28(44-4)16-24(23)32/h5-16,29-32H,1-4H3/t29-,30+,31-,32+. The smallest absolute Gasteiger partial charge is 0.187 e. The number of rotatable bonds is 4. The fourth-order valence-electron chi connectivity index (χ4n) is 8.73. The number of ketones is 2. The van der Waals surface area contributed by atoms with Gasteiger partial charge in [0, 0.05) is 46.0 Å². The maximum atomic E-state index is 15.1. The first-order valence-corrected chi connectivity index (χ1v) is 14.8. The average Bonchev–Trinajstić information content (AvgIpc) is 3.08. The SMILES string of the molecule is COc1cc2c(cc1OC)[C@H]1C3=C(C(=O)C4=C(C3=O)[C@H]3c5ccccc5[C@@H]4c4cc(OC)c(OC)cc43)[C@@H]2c2ccccc21. The van der Waals surface area contributed by atoms with Crippen LogP contribution in [0.25, 0.3) is 0 Å². The predicted molar refractivity (Wildman–Crippen MR) is 163 cm³/mol. The maximum Gasteiger partial charge on any atom is 0.187 e. The summed E-state index contributed by atoms with van der Waals surface area (Å²) in [6.07, 6.45) is 0. The summed E-state index contributed by atoms with van der Waals surface area (Å²) < 4.78 is 22.8. The highest BCUT2D eigenvalue weighted by Crippen LogP contribution is 2.65. The van der Waals surface area contributed by atoms with Crippen LogP contribution in [-0.2, 0) is 9.59 Å². The fraction of sp³-hybridized carbons (Fsp3) is 0.211. The molecule has 0 spiro atoms. The largest absolute Gasteiger partial charge is 0.493 e. The van der Waals surface area contributed by atoms with Crippen molar-refractivity contribution < 1.29 is 28.5 Å². The third-order valence-corrected chi connectivity index (χ3v) is 10.4. The van der Waals surface area contributed by atoms with E-state index in [1.54, 1.807) is 28.4 Å². The summed E-state index contributed by atoms with van der Waals surface area (Å²) in [4.78, 5) is 30.3. The Bertz CT molecular complexity index is 1790. The first-order chi connectivity index (χ1) is 21.5. The molecule has 7 aliphatic rings. The molecular formula is C38H28O6. The van der Waals surface area contributed by atoms with Gasteiger partial charge in [-0.15, -0.1) is 0 Å². The third-order valence-electron chi connectivity index (χ3n) is 10.4. The topological polar surface area (TPSA) is 71.1 Å². The predicted octanol–water partition coefficient (Wildman–Crippen LogP) is 6.35. The summed E-state index contributed by atoms with van der Waals surface area (Å²) in [7, 11) is 6.47. The number of benzene rings is 4. The highest BCUT2D eigenvalue weighted by molar-refractivity contribution is 6.30. The number of Topliss-reactive ketones (excluding diaryl/α,β-unsaturated/α-hetero) is 2. The minimum Gasteiger partial charge on any atom is -0.493 e. The second-order valence-electron chi connectivity index (χ2n) is 12.0. The summed E-state index contributed by atoms with van der Waals surface area (Å²) in [5, 5.41) is 0. The van der Waals surface area contributed by atoms with Crippen molar-refractivity contribution in [1.29, 1.82) is 0 Å². The molecule has 0 N–H and O–H groups in total. The number of hydrogen-bond donors (Lipinski definition) is 0. The summed E-state index contributed by atoms with van der Waals surface area (Å²) in [5.41, 5.74) is 10.6. The lowest BCUT2D eigenvalue weighted by atomic mass is 9.51. The molecule has 0 amide bonds. The number of ether oxygens (including phenoxy) is 4. The van der Waals surface area contributed by atoms with Crippen LogP contribution in [0, 0.1) is 0 Å². The zero-order valence-corrected chi connectivity index (χ0v) is 24.7. The van der Waals surface area contributed by atoms with E-state index in [0.29, 0.717) is 45.3 Å². The highest BCUT2D eigenvalue weighted by Gasteiger charge is 2.57. The molecule has 7 aliphatic carbocycles. The summed E-state index contributed by atoms with van der Waals surface area (Å²) in [5.74, 6) is 0.816. The zero-order valence-electron chi connectivity index (χ0n) is 24.7. The van der Waals surface area contributed by atoms with E-state index < -0.39 is 0 Å². The van der Waals surface area contributed by atoms with Gasteiger partial charge in [-0.1, -0.05) is 48.5 Å². The number of methoxy groups -OCH3 is 4. The maximum absolute atomic E-state index is 15.1. The number of hydrogen-bond acceptors (Lipinski definition) is 6. The highest BCUT2D eigenvalue weighted by atomic mass is 16.5. The molecule has 11 rings (SSSR count). The van der Waals surface area contributed by atoms with E-state index in [9.17, 15) is 0 Å². The van der Waals surface area contributed by atoms with Gasteiger partial charge in [0.25, 0.3) is 0 Å². The van der Waals surface area contributed by atoms with Crippen LogP contribution in [0.1, 0.15) is 68.2 Å². The molecule has 216 valence electrons. The molecule has 4 bridgehead atoms. The monoisotopic (exact) mass is 580 g/mol. The molecule has 44 heavy (non-hydrogen) atoms. The zero-order chi connectivity index (χ0) is 30.0. The summed E-state index contributed by atoms with van der Waals surface area (Å²) in [6.45, 7) is 0. The van der Waals surface area contributed by atoms with E-state index in [1.165, 1.54) is 0 Å². The van der Waals surface area contributed by atoms with Crippen molar-refractivity contribution in [2.75, 3.05) is 28.4 Å². The molecule has 0 unspecified atom stereocenters. The Morgan fingerprint density at radius 3 is 0.818 bits per heavy atom. The van der Waals surface area contributed by atoms with Gasteiger partial charge in [-0.3, -0.25) is 9.59 Å². The summed E-state index contributed by atoms with van der Waals surface area (Å²) in [6, 6.07) is 24.3. The molecule has 4 atom stereocenters. The molecular weight excluding hydrogens is 552 g/mol. The molecule has 0 heterocycles. The molecule has 0 saturated carbocycles. The number of carbonyl (C=O) groups is 2. The van der Waals surface area contributed by atoms with Crippen LogP contribution in [0.2, 0.25) is 0 Å². The lowest BCUT2D eigenvalue weighted by molar-refractivity contribution is -0.117. The molecule has 6 nitrogen and oxygen atoms in total. The Hall–Kier alpha value is -5.10. The van der Waals surface area contributed by atoms with Gasteiger partial charge in [-0.25, -0.2) is 0 Å². The van der Waals surface area contributed by atoms with Gasteiger partial charge in [0.05, 0.1) is 28.4 Å². The van der Waals surface area contributed by atoms with Crippen molar-refractivity contribution in [3.05, 3.63) is 140 Å². The molecule has 4 aromatic rings. The third kappa shape index (κ3) is 2.86. The normalized spacial score (nSPS) is 22.9. The van der Waals surface area contributed by atoms with Gasteiger partial charge in [0.1, 0.15) is 0 Å². The Kier molecular flexibility index (Phi) is 5.04. The molecule has 6 heteroatoms. The van der Waals surface area contributed by atoms with Crippen LogP contribution < -0.4 is 18.9 Å². The van der Waals surface area contributed by atoms with Crippen molar-refractivity contribution in [1.82, 2.24) is 0 Å². The molecule has 0 aliphatic heterocycles. The van der Waals surface area contributed by atoms with Crippen molar-refractivity contribution >= 4 is 11.6 Å². The van der Waals surface area contributed by atoms with E-state index in [4.69, 9.17) is 18.9 Å². The molecule has 4 aromatic carbocycles. The number of carbonyl (C=O) groups excluding carboxylic acids is 2. The Labute approximate surface area is 254 Å². The van der Waals surface area contributed by atoms with E-state index in [0.717, 1.165) is 44.5 Å². The van der Waals surface area contributed by atoms with Gasteiger partial charge >= 0.3 is 0 Å². The Morgan fingerprint density at radius 2 is 0.614 bits per heavy atom. The van der Waals surface area contributed by atoms with Crippen LogP contribution in [0.3, 0.4) is 0 Å². The van der Waals surface area contributed by atoms with E-state index in [-0.39, 0.29) is 35.2 Å². The van der Waals surface area contributed by atoms with Crippen molar-refractivity contribution in [3.8, 4) is 23.0 Å². The second-order valence-corrected chi connectivity index (χ2v) is 12.0. The van der Waals surface area contributed by atoms with Gasteiger partial charge in [0.2, 0.25) is 0 Å². The van der Waals surface area contributed by atoms with Crippen LogP contribution >= 0.6 is 0 Å². The van der Waals surface area contributed by atoms with Gasteiger partial charge in [-0.2, -0.15) is 0 Å². The van der Waals surface area contributed by atoms with E-state index >= 15 is 9.59 Å². The van der Waals surface area contributed by atoms with Crippen molar-refractivity contribution in [2.45, 2.75) is 23.7 Å². The summed E-state index contributed by atoms with van der Waals surface area (Å²) >= 11 is 0. The van der Waals surface area contributed by atoms with E-state index in [1.807, 2.05) is 48.5 Å². The van der Waals surface area contributed by atoms with Crippen LogP contribution in [-0.4, -0.2) is 40.0 Å². The van der Waals surface area contributed by atoms with Gasteiger partial charge in [0.15, 0.2) is 34.6 Å². The second kappa shape index (κ2) is 8.73. The molecule has 0 radical (unpaired) electrons. The average molecular weight is 581 g/mol. The minimum atomic E-state index is -0.382. The quantitative estimate of drug-likeness (QED) is 0.262. The Balaban J connectivity index is 1.31. The molecule has 0 saturated heterocycles.